The van der Waals surface area contributed by atoms with Gasteiger partial charge in [0.05, 0.1) is 38.2 Å². The summed E-state index contributed by atoms with van der Waals surface area (Å²) in [5.41, 5.74) is 11.8. The number of anilines is 1. The molecule has 1 unspecified atom stereocenters. The van der Waals surface area contributed by atoms with Crippen LogP contribution in [0, 0.1) is 35.3 Å². The Morgan fingerprint density at radius 2 is 1.83 bits per heavy atom. The maximum atomic E-state index is 13.6. The highest BCUT2D eigenvalue weighted by Gasteiger charge is 2.41. The Morgan fingerprint density at radius 1 is 1.10 bits per heavy atom. The van der Waals surface area contributed by atoms with Crippen LogP contribution in [0.3, 0.4) is 0 Å². The van der Waals surface area contributed by atoms with Crippen molar-refractivity contribution in [2.45, 2.75) is 49.7 Å². The number of allylic oxidation sites excluding steroid dienone is 3. The van der Waals surface area contributed by atoms with Crippen molar-refractivity contribution < 1.29 is 9.72 Å². The number of carbonyl (C=O) groups excluding carboxylic acids is 1. The summed E-state index contributed by atoms with van der Waals surface area (Å²) in [6.07, 6.45) is 1.40. The standard InChI is InChI=1S/C31H25Cl3N4O3S/c1-16-10-18(15-42-28-12-19(32)6-8-24(28)34)17(2)21(11-16)29-22(14-35)31(36)37(25-4-3-5-27(39)30(25)29)26-13-20(38(40)41)7-9-23(26)33/h6-13,29H,3-5,15,36H2,1-2H3. The highest BCUT2D eigenvalue weighted by atomic mass is 35.5. The minimum atomic E-state index is -0.690. The summed E-state index contributed by atoms with van der Waals surface area (Å²) >= 11 is 20.7. The maximum Gasteiger partial charge on any atom is 0.271 e. The fourth-order valence-corrected chi connectivity index (χ4v) is 7.36. The van der Waals surface area contributed by atoms with Crippen molar-refractivity contribution in [1.29, 1.82) is 5.26 Å². The molecule has 0 bridgehead atoms. The molecule has 2 N–H and O–H groups in total. The largest absolute Gasteiger partial charge is 0.384 e. The van der Waals surface area contributed by atoms with E-state index >= 15 is 0 Å². The molecule has 0 radical (unpaired) electrons. The van der Waals surface area contributed by atoms with E-state index in [0.29, 0.717) is 46.3 Å². The average molecular weight is 640 g/mol. The lowest BCUT2D eigenvalue weighted by molar-refractivity contribution is -0.384. The number of aryl methyl sites for hydroxylation is 1. The predicted molar refractivity (Wildman–Crippen MR) is 168 cm³/mol. The summed E-state index contributed by atoms with van der Waals surface area (Å²) in [4.78, 5) is 27.1. The first-order chi connectivity index (χ1) is 20.0. The molecule has 1 atom stereocenters. The maximum absolute atomic E-state index is 13.6. The second-order valence-corrected chi connectivity index (χ2v) is 12.5. The van der Waals surface area contributed by atoms with E-state index in [9.17, 15) is 20.2 Å². The molecule has 0 aromatic heterocycles. The third kappa shape index (κ3) is 5.50. The number of Topliss-reactive ketones (excluding diaryl/α,β-unsaturated/α-hetero) is 1. The van der Waals surface area contributed by atoms with Gasteiger partial charge >= 0.3 is 0 Å². The van der Waals surface area contributed by atoms with Crippen LogP contribution in [0.2, 0.25) is 15.1 Å². The number of rotatable bonds is 6. The minimum Gasteiger partial charge on any atom is -0.384 e. The molecular formula is C31H25Cl3N4O3S. The van der Waals surface area contributed by atoms with Gasteiger partial charge in [-0.25, -0.2) is 0 Å². The summed E-state index contributed by atoms with van der Waals surface area (Å²) in [6, 6.07) is 15.7. The van der Waals surface area contributed by atoms with E-state index in [0.717, 1.165) is 27.1 Å². The zero-order valence-electron chi connectivity index (χ0n) is 22.7. The number of non-ortho nitro benzene ring substituents is 1. The molecule has 2 aliphatic rings. The normalized spacial score (nSPS) is 16.9. The summed E-state index contributed by atoms with van der Waals surface area (Å²) in [6.45, 7) is 3.95. The van der Waals surface area contributed by atoms with E-state index in [1.54, 1.807) is 28.8 Å². The first-order valence-corrected chi connectivity index (χ1v) is 15.2. The van der Waals surface area contributed by atoms with E-state index in [1.807, 2.05) is 26.0 Å². The molecular weight excluding hydrogens is 615 g/mol. The van der Waals surface area contributed by atoms with E-state index < -0.39 is 10.8 Å². The Balaban J connectivity index is 1.66. The van der Waals surface area contributed by atoms with Crippen LogP contribution in [0.1, 0.15) is 47.4 Å². The fourth-order valence-electron chi connectivity index (χ4n) is 5.62. The van der Waals surface area contributed by atoms with Crippen LogP contribution >= 0.6 is 46.6 Å². The number of hydrogen-bond donors (Lipinski definition) is 1. The number of hydrogen-bond acceptors (Lipinski definition) is 7. The van der Waals surface area contributed by atoms with Crippen molar-refractivity contribution in [2.24, 2.45) is 5.73 Å². The number of benzene rings is 3. The Labute approximate surface area is 262 Å². The molecule has 3 aromatic carbocycles. The van der Waals surface area contributed by atoms with Crippen LogP contribution in [0.15, 0.2) is 76.1 Å². The number of halogens is 3. The Kier molecular flexibility index (Phi) is 8.58. The SMILES string of the molecule is Cc1cc(CSc2cc(Cl)ccc2Cl)c(C)c(C2C(C#N)=C(N)N(c3cc([N+](=O)[O-])ccc3Cl)C3=C2C(=O)CCC3)c1. The summed E-state index contributed by atoms with van der Waals surface area (Å²) in [7, 11) is 0. The molecule has 1 aliphatic carbocycles. The molecule has 7 nitrogen and oxygen atoms in total. The van der Waals surface area contributed by atoms with Crippen LogP contribution in [-0.2, 0) is 10.5 Å². The molecule has 5 rings (SSSR count). The fraction of sp³-hybridized carbons (Fsp3) is 0.226. The van der Waals surface area contributed by atoms with Crippen molar-refractivity contribution in [2.75, 3.05) is 4.90 Å². The van der Waals surface area contributed by atoms with Gasteiger partial charge in [0.15, 0.2) is 5.78 Å². The second-order valence-electron chi connectivity index (χ2n) is 10.2. The molecule has 3 aromatic rings. The topological polar surface area (TPSA) is 113 Å². The van der Waals surface area contributed by atoms with Gasteiger partial charge in [0.25, 0.3) is 5.69 Å². The molecule has 0 saturated heterocycles. The molecule has 1 aliphatic heterocycles. The van der Waals surface area contributed by atoms with Crippen LogP contribution in [0.4, 0.5) is 11.4 Å². The van der Waals surface area contributed by atoms with Crippen LogP contribution in [0.25, 0.3) is 0 Å². The number of carbonyl (C=O) groups is 1. The number of thioether (sulfide) groups is 1. The molecule has 0 saturated carbocycles. The Hall–Kier alpha value is -3.48. The number of nitro benzene ring substituents is 1. The van der Waals surface area contributed by atoms with Gasteiger partial charge in [0.1, 0.15) is 5.82 Å². The average Bonchev–Trinajstić information content (AvgIpc) is 2.95. The lowest BCUT2D eigenvalue weighted by Crippen LogP contribution is -2.39. The van der Waals surface area contributed by atoms with Crippen LogP contribution in [-0.4, -0.2) is 10.7 Å². The summed E-state index contributed by atoms with van der Waals surface area (Å²) in [5.74, 6) is -0.0923. The van der Waals surface area contributed by atoms with Gasteiger partial charge in [-0.1, -0.05) is 52.5 Å². The second kappa shape index (κ2) is 12.0. The lowest BCUT2D eigenvalue weighted by atomic mass is 9.73. The molecule has 1 heterocycles. The monoisotopic (exact) mass is 638 g/mol. The highest BCUT2D eigenvalue weighted by Crippen LogP contribution is 2.49. The highest BCUT2D eigenvalue weighted by molar-refractivity contribution is 7.98. The summed E-state index contributed by atoms with van der Waals surface area (Å²) < 4.78 is 0. The molecule has 11 heteroatoms. The van der Waals surface area contributed by atoms with Crippen molar-refractivity contribution in [3.63, 3.8) is 0 Å². The Bertz CT molecular complexity index is 1760. The zero-order chi connectivity index (χ0) is 30.3. The van der Waals surface area contributed by atoms with E-state index in [-0.39, 0.29) is 33.6 Å². The van der Waals surface area contributed by atoms with Gasteiger partial charge < -0.3 is 5.73 Å². The number of nitrogens with two attached hydrogens (primary N) is 1. The predicted octanol–water partition coefficient (Wildman–Crippen LogP) is 8.77. The first-order valence-electron chi connectivity index (χ1n) is 13.1. The van der Waals surface area contributed by atoms with Crippen LogP contribution in [0.5, 0.6) is 0 Å². The third-order valence-corrected chi connectivity index (χ3v) is 9.68. The van der Waals surface area contributed by atoms with Crippen molar-refractivity contribution >= 4 is 63.7 Å². The Morgan fingerprint density at radius 3 is 2.55 bits per heavy atom. The van der Waals surface area contributed by atoms with Crippen LogP contribution < -0.4 is 10.6 Å². The minimum absolute atomic E-state index is 0.0874. The summed E-state index contributed by atoms with van der Waals surface area (Å²) in [5, 5.41) is 23.4. The van der Waals surface area contributed by atoms with Crippen molar-refractivity contribution in [3.05, 3.63) is 119 Å². The number of nitrogens with zero attached hydrogens (tertiary/aromatic N) is 3. The van der Waals surface area contributed by atoms with E-state index in [1.165, 1.54) is 18.2 Å². The molecule has 0 amide bonds. The third-order valence-electron chi connectivity index (χ3n) is 7.58. The quantitative estimate of drug-likeness (QED) is 0.163. The van der Waals surface area contributed by atoms with Gasteiger partial charge in [-0.3, -0.25) is 19.8 Å². The van der Waals surface area contributed by atoms with Gasteiger partial charge in [-0.15, -0.1) is 11.8 Å². The lowest BCUT2D eigenvalue weighted by Gasteiger charge is -2.40. The number of nitro groups is 1. The van der Waals surface area contributed by atoms with Gasteiger partial charge in [0, 0.05) is 45.5 Å². The van der Waals surface area contributed by atoms with Gasteiger partial charge in [-0.2, -0.15) is 5.26 Å². The van der Waals surface area contributed by atoms with E-state index in [2.05, 4.69) is 12.1 Å². The van der Waals surface area contributed by atoms with Crippen molar-refractivity contribution in [3.8, 4) is 6.07 Å². The van der Waals surface area contributed by atoms with Gasteiger partial charge in [0.2, 0.25) is 0 Å². The number of ketones is 1. The molecule has 0 spiro atoms. The smallest absolute Gasteiger partial charge is 0.271 e. The van der Waals surface area contributed by atoms with E-state index in [4.69, 9.17) is 40.5 Å². The molecule has 42 heavy (non-hydrogen) atoms. The van der Waals surface area contributed by atoms with Gasteiger partial charge in [-0.05, 0) is 67.6 Å². The van der Waals surface area contributed by atoms with Crippen molar-refractivity contribution in [1.82, 2.24) is 0 Å². The molecule has 0 fully saturated rings. The first kappa shape index (κ1) is 30.0. The zero-order valence-corrected chi connectivity index (χ0v) is 25.8. The number of nitriles is 1. The molecule has 214 valence electrons.